The van der Waals surface area contributed by atoms with Crippen molar-refractivity contribution in [3.63, 3.8) is 0 Å². The average Bonchev–Trinajstić information content (AvgIpc) is 3.23. The molecule has 2 fully saturated rings. The summed E-state index contributed by atoms with van der Waals surface area (Å²) in [6.45, 7) is 4.80. The molecule has 17 heavy (non-hydrogen) atoms. The third-order valence-corrected chi connectivity index (χ3v) is 3.92. The summed E-state index contributed by atoms with van der Waals surface area (Å²) >= 11 is 0. The van der Waals surface area contributed by atoms with E-state index in [-0.39, 0.29) is 11.8 Å². The largest absolute Gasteiger partial charge is 0.302 e. The smallest absolute Gasteiger partial charge is 0.127 e. The van der Waals surface area contributed by atoms with Crippen LogP contribution in [0, 0.1) is 0 Å². The lowest BCUT2D eigenvalue weighted by atomic mass is 10.0. The Labute approximate surface area is 104 Å². The summed E-state index contributed by atoms with van der Waals surface area (Å²) in [6.07, 6.45) is 0.575. The second kappa shape index (κ2) is 5.17. The van der Waals surface area contributed by atoms with Crippen LogP contribution in [0.25, 0.3) is 0 Å². The molecule has 0 saturated carbocycles. The molecule has 0 aromatic heterocycles. The lowest BCUT2D eigenvalue weighted by Crippen LogP contribution is -2.78. The molecule has 4 N–H and O–H groups in total. The van der Waals surface area contributed by atoms with Gasteiger partial charge in [-0.15, -0.1) is 0 Å². The van der Waals surface area contributed by atoms with Gasteiger partial charge in [-0.2, -0.15) is 0 Å². The molecule has 0 amide bonds. The quantitative estimate of drug-likeness (QED) is 0.287. The predicted octanol–water partition coefficient (Wildman–Crippen LogP) is -2.16. The molecule has 6 nitrogen and oxygen atoms in total. The Morgan fingerprint density at radius 1 is 0.824 bits per heavy atom. The Balaban J connectivity index is 2.22. The van der Waals surface area contributed by atoms with Crippen LogP contribution in [0.2, 0.25) is 0 Å². The van der Waals surface area contributed by atoms with Gasteiger partial charge in [0.15, 0.2) is 0 Å². The second-order valence-electron chi connectivity index (χ2n) is 4.82. The van der Waals surface area contributed by atoms with E-state index in [4.69, 9.17) is 0 Å². The highest BCUT2D eigenvalue weighted by Crippen LogP contribution is 2.29. The van der Waals surface area contributed by atoms with Gasteiger partial charge in [0.1, 0.15) is 5.66 Å². The molecule has 0 unspecified atom stereocenters. The average molecular weight is 242 g/mol. The minimum atomic E-state index is -0.184. The number of hydrogen-bond donors (Lipinski definition) is 4. The number of hydrogen-bond acceptors (Lipinski definition) is 6. The molecule has 6 heteroatoms. The highest BCUT2D eigenvalue weighted by Gasteiger charge is 2.53. The van der Waals surface area contributed by atoms with Crippen LogP contribution in [-0.2, 0) is 0 Å². The van der Waals surface area contributed by atoms with Crippen LogP contribution < -0.4 is 21.3 Å². The number of rotatable bonds is 8. The summed E-state index contributed by atoms with van der Waals surface area (Å²) in [7, 11) is 8.04. The second-order valence-corrected chi connectivity index (χ2v) is 4.82. The van der Waals surface area contributed by atoms with Crippen molar-refractivity contribution < 1.29 is 0 Å². The molecule has 2 saturated heterocycles. The van der Waals surface area contributed by atoms with Crippen molar-refractivity contribution in [2.75, 3.05) is 54.4 Å². The summed E-state index contributed by atoms with van der Waals surface area (Å²) in [5, 5.41) is 13.7. The molecule has 0 spiro atoms. The van der Waals surface area contributed by atoms with Crippen LogP contribution >= 0.6 is 0 Å². The van der Waals surface area contributed by atoms with Gasteiger partial charge in [0.2, 0.25) is 0 Å². The highest BCUT2D eigenvalue weighted by atomic mass is 15.5. The summed E-state index contributed by atoms with van der Waals surface area (Å²) < 4.78 is 0. The van der Waals surface area contributed by atoms with E-state index in [1.54, 1.807) is 0 Å². The first kappa shape index (κ1) is 13.2. The van der Waals surface area contributed by atoms with Crippen LogP contribution in [0.5, 0.6) is 0 Å². The summed E-state index contributed by atoms with van der Waals surface area (Å²) in [5.74, 6) is 0. The molecule has 0 bridgehead atoms. The molecule has 2 aliphatic heterocycles. The number of nitrogens with zero attached hydrogens (tertiary/aromatic N) is 2. The maximum absolute atomic E-state index is 3.49. The monoisotopic (exact) mass is 242 g/mol. The first-order chi connectivity index (χ1) is 8.23. The number of likely N-dealkylation sites (N-methyl/N-ethyl adjacent to an activating group) is 4. The van der Waals surface area contributed by atoms with Crippen molar-refractivity contribution in [2.24, 2.45) is 0 Å². The lowest BCUT2D eigenvalue weighted by molar-refractivity contribution is 0.0436. The molecule has 100 valence electrons. The van der Waals surface area contributed by atoms with Crippen LogP contribution in [0.1, 0.15) is 0 Å². The minimum absolute atomic E-state index is 0.170. The molecular weight excluding hydrogens is 216 g/mol. The van der Waals surface area contributed by atoms with Gasteiger partial charge in [-0.3, -0.25) is 20.4 Å². The van der Waals surface area contributed by atoms with E-state index in [0.29, 0.717) is 6.17 Å². The van der Waals surface area contributed by atoms with Crippen molar-refractivity contribution in [3.05, 3.63) is 0 Å². The maximum Gasteiger partial charge on any atom is 0.127 e. The maximum atomic E-state index is 3.49. The van der Waals surface area contributed by atoms with Crippen LogP contribution in [-0.4, -0.2) is 82.2 Å². The van der Waals surface area contributed by atoms with Gasteiger partial charge in [-0.05, 0) is 28.2 Å². The summed E-state index contributed by atoms with van der Waals surface area (Å²) in [6, 6.07) is 0. The van der Waals surface area contributed by atoms with Gasteiger partial charge in [0, 0.05) is 26.2 Å². The van der Waals surface area contributed by atoms with Crippen molar-refractivity contribution in [1.29, 1.82) is 0 Å². The Kier molecular flexibility index (Phi) is 4.02. The van der Waals surface area contributed by atoms with E-state index in [9.17, 15) is 0 Å². The van der Waals surface area contributed by atoms with Gasteiger partial charge in [0.05, 0.1) is 12.3 Å². The molecule has 2 rings (SSSR count). The fourth-order valence-corrected chi connectivity index (χ4v) is 2.83. The molecule has 2 aliphatic rings. The molecule has 0 radical (unpaired) electrons. The van der Waals surface area contributed by atoms with Crippen molar-refractivity contribution in [3.8, 4) is 0 Å². The molecule has 0 aromatic rings. The summed E-state index contributed by atoms with van der Waals surface area (Å²) in [5.41, 5.74) is -0.184. The van der Waals surface area contributed by atoms with Crippen LogP contribution in [0.3, 0.4) is 0 Å². The Morgan fingerprint density at radius 3 is 1.47 bits per heavy atom. The predicted molar refractivity (Wildman–Crippen MR) is 69.7 cm³/mol. The van der Waals surface area contributed by atoms with Gasteiger partial charge in [-0.25, -0.2) is 0 Å². The van der Waals surface area contributed by atoms with E-state index in [2.05, 4.69) is 31.1 Å². The third kappa shape index (κ3) is 2.33. The first-order valence-electron chi connectivity index (χ1n) is 6.44. The van der Waals surface area contributed by atoms with Crippen molar-refractivity contribution >= 4 is 0 Å². The standard InChI is InChI=1S/C11H26N6/c1-12-9(13-2)11(14-3,15-4)10(16-5-6-16)17-7-8-17/h9-10,12-15H,5-8H2,1-4H3. The van der Waals surface area contributed by atoms with Gasteiger partial charge in [-0.1, -0.05) is 0 Å². The minimum Gasteiger partial charge on any atom is -0.302 e. The van der Waals surface area contributed by atoms with Crippen molar-refractivity contribution in [1.82, 2.24) is 31.1 Å². The third-order valence-electron chi connectivity index (χ3n) is 3.92. The lowest BCUT2D eigenvalue weighted by Gasteiger charge is -2.47. The fraction of sp³-hybridized carbons (Fsp3) is 1.00. The zero-order chi connectivity index (χ0) is 12.5. The summed E-state index contributed by atoms with van der Waals surface area (Å²) in [4.78, 5) is 5.00. The SMILES string of the molecule is CNC(NC)C(NC)(NC)C(N1CC1)N1CC1. The van der Waals surface area contributed by atoms with Gasteiger partial charge < -0.3 is 10.6 Å². The van der Waals surface area contributed by atoms with Crippen LogP contribution in [0.15, 0.2) is 0 Å². The Bertz CT molecular complexity index is 230. The van der Waals surface area contributed by atoms with Crippen molar-refractivity contribution in [2.45, 2.75) is 18.0 Å². The van der Waals surface area contributed by atoms with E-state index in [0.717, 1.165) is 0 Å². The Hall–Kier alpha value is -0.240. The van der Waals surface area contributed by atoms with E-state index in [1.165, 1.54) is 26.2 Å². The molecule has 2 heterocycles. The zero-order valence-corrected chi connectivity index (χ0v) is 11.4. The fourth-order valence-electron chi connectivity index (χ4n) is 2.83. The highest BCUT2D eigenvalue weighted by molar-refractivity contribution is 5.07. The molecule has 0 aliphatic carbocycles. The van der Waals surface area contributed by atoms with Gasteiger partial charge >= 0.3 is 0 Å². The first-order valence-corrected chi connectivity index (χ1v) is 6.44. The molecular formula is C11H26N6. The zero-order valence-electron chi connectivity index (χ0n) is 11.4. The Morgan fingerprint density at radius 2 is 1.24 bits per heavy atom. The van der Waals surface area contributed by atoms with Crippen LogP contribution in [0.4, 0.5) is 0 Å². The van der Waals surface area contributed by atoms with E-state index >= 15 is 0 Å². The van der Waals surface area contributed by atoms with E-state index < -0.39 is 0 Å². The number of nitrogens with one attached hydrogen (secondary N) is 4. The molecule has 0 atom stereocenters. The normalized spacial score (nSPS) is 21.5. The van der Waals surface area contributed by atoms with Gasteiger partial charge in [0.25, 0.3) is 0 Å². The topological polar surface area (TPSA) is 54.1 Å². The van der Waals surface area contributed by atoms with E-state index in [1.807, 2.05) is 28.2 Å². The molecule has 0 aromatic carbocycles.